The Balaban J connectivity index is 2.04. The van der Waals surface area contributed by atoms with Crippen LogP contribution in [0.25, 0.3) is 0 Å². The molecule has 2 aromatic heterocycles. The van der Waals surface area contributed by atoms with E-state index in [1.807, 2.05) is 19.1 Å². The number of nitrogen functional groups attached to an aromatic ring is 1. The number of furan rings is 1. The van der Waals surface area contributed by atoms with E-state index in [0.29, 0.717) is 23.9 Å². The number of ether oxygens (including phenoxy) is 1. The minimum absolute atomic E-state index is 0.422. The van der Waals surface area contributed by atoms with Gasteiger partial charge in [0.25, 0.3) is 0 Å². The molecule has 2 aromatic rings. The van der Waals surface area contributed by atoms with Crippen molar-refractivity contribution < 1.29 is 9.15 Å². The van der Waals surface area contributed by atoms with Gasteiger partial charge < -0.3 is 20.2 Å². The van der Waals surface area contributed by atoms with E-state index in [2.05, 4.69) is 10.3 Å². The minimum Gasteiger partial charge on any atom is -0.479 e. The third-order valence-corrected chi connectivity index (χ3v) is 2.32. The molecule has 0 saturated heterocycles. The lowest BCUT2D eigenvalue weighted by Crippen LogP contribution is -2.03. The maximum Gasteiger partial charge on any atom is 0.238 e. The van der Waals surface area contributed by atoms with Crippen LogP contribution in [-0.2, 0) is 6.54 Å². The van der Waals surface area contributed by atoms with E-state index in [-0.39, 0.29) is 0 Å². The average molecular weight is 233 g/mol. The van der Waals surface area contributed by atoms with Gasteiger partial charge >= 0.3 is 0 Å². The summed E-state index contributed by atoms with van der Waals surface area (Å²) in [6.45, 7) is 2.49. The van der Waals surface area contributed by atoms with Gasteiger partial charge in [0.1, 0.15) is 17.3 Å². The Kier molecular flexibility index (Phi) is 3.18. The van der Waals surface area contributed by atoms with Gasteiger partial charge in [0, 0.05) is 0 Å². The summed E-state index contributed by atoms with van der Waals surface area (Å²) in [4.78, 5) is 4.21. The molecule has 17 heavy (non-hydrogen) atoms. The quantitative estimate of drug-likeness (QED) is 0.846. The number of hydrogen-bond donors (Lipinski definition) is 2. The number of rotatable bonds is 4. The Morgan fingerprint density at radius 3 is 2.82 bits per heavy atom. The maximum atomic E-state index is 5.68. The summed E-state index contributed by atoms with van der Waals surface area (Å²) in [5.41, 5.74) is 6.20. The first kappa shape index (κ1) is 11.3. The molecule has 0 aliphatic heterocycles. The number of pyridine rings is 1. The first-order valence-electron chi connectivity index (χ1n) is 5.28. The fourth-order valence-electron chi connectivity index (χ4n) is 1.47. The van der Waals surface area contributed by atoms with E-state index in [0.717, 1.165) is 11.5 Å². The lowest BCUT2D eigenvalue weighted by molar-refractivity contribution is 0.400. The van der Waals surface area contributed by atoms with E-state index >= 15 is 0 Å². The molecular weight excluding hydrogens is 218 g/mol. The Morgan fingerprint density at radius 2 is 2.18 bits per heavy atom. The van der Waals surface area contributed by atoms with Crippen molar-refractivity contribution in [1.82, 2.24) is 4.98 Å². The van der Waals surface area contributed by atoms with E-state index in [9.17, 15) is 0 Å². The smallest absolute Gasteiger partial charge is 0.238 e. The first-order chi connectivity index (χ1) is 8.19. The van der Waals surface area contributed by atoms with E-state index < -0.39 is 0 Å². The monoisotopic (exact) mass is 233 g/mol. The van der Waals surface area contributed by atoms with E-state index in [1.165, 1.54) is 0 Å². The van der Waals surface area contributed by atoms with Gasteiger partial charge in [-0.25, -0.2) is 0 Å². The molecule has 0 unspecified atom stereocenters. The molecule has 0 saturated carbocycles. The molecule has 2 rings (SSSR count). The zero-order chi connectivity index (χ0) is 12.3. The first-order valence-corrected chi connectivity index (χ1v) is 5.28. The van der Waals surface area contributed by atoms with Crippen LogP contribution in [-0.4, -0.2) is 12.1 Å². The molecule has 3 N–H and O–H groups in total. The fraction of sp³-hybridized carbons (Fsp3) is 0.250. The van der Waals surface area contributed by atoms with Crippen molar-refractivity contribution in [3.05, 3.63) is 35.8 Å². The number of hydrogen-bond acceptors (Lipinski definition) is 5. The lowest BCUT2D eigenvalue weighted by atomic mass is 10.4. The molecule has 90 valence electrons. The number of aromatic nitrogens is 1. The van der Waals surface area contributed by atoms with Gasteiger partial charge in [0.15, 0.2) is 0 Å². The lowest BCUT2D eigenvalue weighted by Gasteiger charge is -2.07. The third-order valence-electron chi connectivity index (χ3n) is 2.32. The summed E-state index contributed by atoms with van der Waals surface area (Å²) in [5, 5.41) is 3.14. The van der Waals surface area contributed by atoms with E-state index in [4.69, 9.17) is 14.9 Å². The second-order valence-corrected chi connectivity index (χ2v) is 3.66. The van der Waals surface area contributed by atoms with Gasteiger partial charge in [0.2, 0.25) is 5.88 Å². The molecule has 5 nitrogen and oxygen atoms in total. The Morgan fingerprint density at radius 1 is 1.35 bits per heavy atom. The molecule has 0 aliphatic carbocycles. The molecule has 2 heterocycles. The number of aryl methyl sites for hydroxylation is 1. The van der Waals surface area contributed by atoms with Crippen LogP contribution in [0.1, 0.15) is 11.5 Å². The van der Waals surface area contributed by atoms with Crippen LogP contribution in [0.5, 0.6) is 5.88 Å². The zero-order valence-corrected chi connectivity index (χ0v) is 9.86. The van der Waals surface area contributed by atoms with Crippen LogP contribution in [0, 0.1) is 6.92 Å². The van der Waals surface area contributed by atoms with Crippen molar-refractivity contribution in [2.45, 2.75) is 13.5 Å². The highest BCUT2D eigenvalue weighted by molar-refractivity contribution is 5.53. The van der Waals surface area contributed by atoms with Gasteiger partial charge in [0.05, 0.1) is 19.3 Å². The van der Waals surface area contributed by atoms with Crippen LogP contribution in [0.4, 0.5) is 11.5 Å². The molecule has 0 spiro atoms. The van der Waals surface area contributed by atoms with Gasteiger partial charge in [-0.15, -0.1) is 0 Å². The SMILES string of the molecule is COc1nc(NCc2ccc(C)o2)ccc1N. The highest BCUT2D eigenvalue weighted by Crippen LogP contribution is 2.20. The highest BCUT2D eigenvalue weighted by atomic mass is 16.5. The average Bonchev–Trinajstić information content (AvgIpc) is 2.74. The Labute approximate surface area is 99.6 Å². The molecule has 0 amide bonds. The summed E-state index contributed by atoms with van der Waals surface area (Å²) in [5.74, 6) is 2.88. The molecule has 0 aromatic carbocycles. The normalized spacial score (nSPS) is 10.2. The molecule has 0 aliphatic rings. The van der Waals surface area contributed by atoms with Crippen molar-refractivity contribution in [1.29, 1.82) is 0 Å². The third kappa shape index (κ3) is 2.69. The Hall–Kier alpha value is -2.17. The second-order valence-electron chi connectivity index (χ2n) is 3.66. The predicted molar refractivity (Wildman–Crippen MR) is 66.0 cm³/mol. The molecule has 0 atom stereocenters. The molecule has 0 fully saturated rings. The highest BCUT2D eigenvalue weighted by Gasteiger charge is 2.03. The van der Waals surface area contributed by atoms with Crippen molar-refractivity contribution in [2.24, 2.45) is 0 Å². The van der Waals surface area contributed by atoms with E-state index in [1.54, 1.807) is 19.2 Å². The minimum atomic E-state index is 0.422. The molecule has 0 bridgehead atoms. The number of nitrogens with zero attached hydrogens (tertiary/aromatic N) is 1. The topological polar surface area (TPSA) is 73.3 Å². The van der Waals surface area contributed by atoms with Crippen molar-refractivity contribution >= 4 is 11.5 Å². The van der Waals surface area contributed by atoms with Crippen molar-refractivity contribution in [2.75, 3.05) is 18.2 Å². The largest absolute Gasteiger partial charge is 0.479 e. The number of nitrogens with one attached hydrogen (secondary N) is 1. The molecule has 5 heteroatoms. The summed E-state index contributed by atoms with van der Waals surface area (Å²) in [6.07, 6.45) is 0. The summed E-state index contributed by atoms with van der Waals surface area (Å²) in [7, 11) is 1.54. The summed E-state index contributed by atoms with van der Waals surface area (Å²) in [6, 6.07) is 7.40. The van der Waals surface area contributed by atoms with Crippen LogP contribution in [0.15, 0.2) is 28.7 Å². The predicted octanol–water partition coefficient (Wildman–Crippen LogP) is 2.19. The Bertz CT molecular complexity index is 508. The number of nitrogens with two attached hydrogens (primary N) is 1. The molecule has 0 radical (unpaired) electrons. The summed E-state index contributed by atoms with van der Waals surface area (Å²) < 4.78 is 10.5. The van der Waals surface area contributed by atoms with Crippen molar-refractivity contribution in [3.8, 4) is 5.88 Å². The van der Waals surface area contributed by atoms with Crippen LogP contribution in [0.2, 0.25) is 0 Å². The van der Waals surface area contributed by atoms with Crippen LogP contribution >= 0.6 is 0 Å². The van der Waals surface area contributed by atoms with Gasteiger partial charge in [-0.3, -0.25) is 0 Å². The van der Waals surface area contributed by atoms with Gasteiger partial charge in [-0.2, -0.15) is 4.98 Å². The maximum absolute atomic E-state index is 5.68. The fourth-order valence-corrected chi connectivity index (χ4v) is 1.47. The standard InChI is InChI=1S/C12H15N3O2/c1-8-3-4-9(17-8)7-14-11-6-5-10(13)12(15-11)16-2/h3-6H,7,13H2,1-2H3,(H,14,15). The second kappa shape index (κ2) is 4.78. The molecular formula is C12H15N3O2. The number of anilines is 2. The van der Waals surface area contributed by atoms with Gasteiger partial charge in [-0.1, -0.05) is 0 Å². The zero-order valence-electron chi connectivity index (χ0n) is 9.86. The number of methoxy groups -OCH3 is 1. The van der Waals surface area contributed by atoms with Crippen LogP contribution < -0.4 is 15.8 Å². The summed E-state index contributed by atoms with van der Waals surface area (Å²) >= 11 is 0. The van der Waals surface area contributed by atoms with Gasteiger partial charge in [-0.05, 0) is 31.2 Å². The van der Waals surface area contributed by atoms with Crippen molar-refractivity contribution in [3.63, 3.8) is 0 Å². The van der Waals surface area contributed by atoms with Crippen LogP contribution in [0.3, 0.4) is 0 Å².